The summed E-state index contributed by atoms with van der Waals surface area (Å²) in [5, 5.41) is 11.3. The van der Waals surface area contributed by atoms with E-state index in [9.17, 15) is 4.79 Å². The molecular formula is C11H15NO2S. The van der Waals surface area contributed by atoms with Gasteiger partial charge in [-0.2, -0.15) is 0 Å². The number of hydrogen-bond acceptors (Lipinski definition) is 3. The molecular weight excluding hydrogens is 210 g/mol. The fourth-order valence-corrected chi connectivity index (χ4v) is 1.54. The Hall–Kier alpha value is -1.00. The van der Waals surface area contributed by atoms with Crippen LogP contribution in [0.1, 0.15) is 12.0 Å². The van der Waals surface area contributed by atoms with Gasteiger partial charge in [0.25, 0.3) is 0 Å². The minimum absolute atomic E-state index is 0.1000. The van der Waals surface area contributed by atoms with Crippen LogP contribution in [-0.4, -0.2) is 23.9 Å². The highest BCUT2D eigenvalue weighted by atomic mass is 32.2. The molecule has 2 N–H and O–H groups in total. The number of nitrogens with one attached hydrogen (secondary N) is 1. The van der Waals surface area contributed by atoms with Crippen molar-refractivity contribution in [1.82, 2.24) is 5.32 Å². The van der Waals surface area contributed by atoms with Gasteiger partial charge in [-0.05, 0) is 24.0 Å². The minimum Gasteiger partial charge on any atom is -0.396 e. The van der Waals surface area contributed by atoms with Crippen LogP contribution in [0.2, 0.25) is 0 Å². The number of carbonyl (C=O) groups is 1. The summed E-state index contributed by atoms with van der Waals surface area (Å²) in [7, 11) is 0. The molecule has 82 valence electrons. The van der Waals surface area contributed by atoms with E-state index in [-0.39, 0.29) is 18.9 Å². The van der Waals surface area contributed by atoms with Gasteiger partial charge in [-0.3, -0.25) is 4.79 Å². The zero-order chi connectivity index (χ0) is 11.1. The van der Waals surface area contributed by atoms with Crippen LogP contribution in [0.15, 0.2) is 29.2 Å². The molecule has 1 aromatic carbocycles. The maximum atomic E-state index is 11.1. The molecule has 1 aromatic rings. The quantitative estimate of drug-likeness (QED) is 0.745. The topological polar surface area (TPSA) is 49.3 Å². The molecule has 0 saturated carbocycles. The first kappa shape index (κ1) is 12.1. The molecule has 0 aliphatic rings. The van der Waals surface area contributed by atoms with E-state index in [4.69, 9.17) is 5.11 Å². The predicted molar refractivity (Wildman–Crippen MR) is 61.8 cm³/mol. The third-order valence-corrected chi connectivity index (χ3v) is 2.73. The molecule has 0 aliphatic heterocycles. The van der Waals surface area contributed by atoms with Crippen LogP contribution >= 0.6 is 11.8 Å². The van der Waals surface area contributed by atoms with E-state index in [2.05, 4.69) is 5.32 Å². The van der Waals surface area contributed by atoms with Crippen molar-refractivity contribution in [3.05, 3.63) is 29.8 Å². The Morgan fingerprint density at radius 2 is 2.07 bits per heavy atom. The van der Waals surface area contributed by atoms with E-state index in [0.29, 0.717) is 6.54 Å². The molecule has 0 heterocycles. The minimum atomic E-state index is -0.119. The zero-order valence-corrected chi connectivity index (χ0v) is 9.51. The maximum absolute atomic E-state index is 11.1. The lowest BCUT2D eigenvalue weighted by Gasteiger charge is -2.04. The Bertz CT molecular complexity index is 311. The molecule has 0 spiro atoms. The van der Waals surface area contributed by atoms with Crippen molar-refractivity contribution in [2.75, 3.05) is 12.9 Å². The number of amides is 1. The number of carbonyl (C=O) groups excluding carboxylic acids is 1. The van der Waals surface area contributed by atoms with Gasteiger partial charge in [0, 0.05) is 17.9 Å². The van der Waals surface area contributed by atoms with E-state index >= 15 is 0 Å². The molecule has 4 heteroatoms. The monoisotopic (exact) mass is 225 g/mol. The third kappa shape index (κ3) is 4.36. The Kier molecular flexibility index (Phi) is 5.21. The van der Waals surface area contributed by atoms with Gasteiger partial charge in [-0.15, -0.1) is 11.8 Å². The van der Waals surface area contributed by atoms with E-state index in [1.807, 2.05) is 30.5 Å². The lowest BCUT2D eigenvalue weighted by molar-refractivity contribution is -0.121. The van der Waals surface area contributed by atoms with Crippen LogP contribution < -0.4 is 5.32 Å². The van der Waals surface area contributed by atoms with Crippen LogP contribution in [0.25, 0.3) is 0 Å². The summed E-state index contributed by atoms with van der Waals surface area (Å²) in [5.74, 6) is -0.119. The first-order valence-electron chi connectivity index (χ1n) is 4.76. The Labute approximate surface area is 93.9 Å². The molecule has 0 radical (unpaired) electrons. The summed E-state index contributed by atoms with van der Waals surface area (Å²) in [6, 6.07) is 8.03. The smallest absolute Gasteiger partial charge is 0.222 e. The van der Waals surface area contributed by atoms with Crippen molar-refractivity contribution >= 4 is 17.7 Å². The van der Waals surface area contributed by atoms with Crippen LogP contribution in [0.5, 0.6) is 0 Å². The molecule has 1 rings (SSSR count). The molecule has 0 bridgehead atoms. The summed E-state index contributed by atoms with van der Waals surface area (Å²) in [4.78, 5) is 12.3. The molecule has 0 aromatic heterocycles. The Morgan fingerprint density at radius 3 is 2.60 bits per heavy atom. The lowest BCUT2D eigenvalue weighted by Crippen LogP contribution is -2.23. The Morgan fingerprint density at radius 1 is 1.40 bits per heavy atom. The highest BCUT2D eigenvalue weighted by Gasteiger charge is 1.99. The fourth-order valence-electron chi connectivity index (χ4n) is 1.13. The largest absolute Gasteiger partial charge is 0.396 e. The normalized spacial score (nSPS) is 10.0. The van der Waals surface area contributed by atoms with Crippen LogP contribution in [0.3, 0.4) is 0 Å². The molecule has 1 amide bonds. The molecule has 15 heavy (non-hydrogen) atoms. The first-order valence-corrected chi connectivity index (χ1v) is 5.99. The van der Waals surface area contributed by atoms with Crippen LogP contribution in [0.4, 0.5) is 0 Å². The van der Waals surface area contributed by atoms with E-state index in [1.165, 1.54) is 4.90 Å². The highest BCUT2D eigenvalue weighted by molar-refractivity contribution is 7.98. The fraction of sp³-hybridized carbons (Fsp3) is 0.364. The van der Waals surface area contributed by atoms with Crippen molar-refractivity contribution in [1.29, 1.82) is 0 Å². The second-order valence-corrected chi connectivity index (χ2v) is 3.98. The molecule has 0 atom stereocenters. The zero-order valence-electron chi connectivity index (χ0n) is 8.69. The standard InChI is InChI=1S/C11H15NO2S/c1-15-10-4-2-9(3-5-10)8-12-11(14)6-7-13/h2-5,13H,6-8H2,1H3,(H,12,14). The van der Waals surface area contributed by atoms with Crippen molar-refractivity contribution in [2.24, 2.45) is 0 Å². The average molecular weight is 225 g/mol. The number of aliphatic hydroxyl groups is 1. The van der Waals surface area contributed by atoms with Gasteiger partial charge in [0.05, 0.1) is 6.61 Å². The van der Waals surface area contributed by atoms with Gasteiger partial charge >= 0.3 is 0 Å². The first-order chi connectivity index (χ1) is 7.26. The second-order valence-electron chi connectivity index (χ2n) is 3.10. The number of aliphatic hydroxyl groups excluding tert-OH is 1. The number of hydrogen-bond donors (Lipinski definition) is 2. The molecule has 0 saturated heterocycles. The second kappa shape index (κ2) is 6.48. The van der Waals surface area contributed by atoms with Gasteiger partial charge in [0.15, 0.2) is 0 Å². The van der Waals surface area contributed by atoms with Gasteiger partial charge in [-0.25, -0.2) is 0 Å². The van der Waals surface area contributed by atoms with E-state index in [1.54, 1.807) is 11.8 Å². The highest BCUT2D eigenvalue weighted by Crippen LogP contribution is 2.14. The molecule has 3 nitrogen and oxygen atoms in total. The number of thioether (sulfide) groups is 1. The maximum Gasteiger partial charge on any atom is 0.222 e. The lowest BCUT2D eigenvalue weighted by atomic mass is 10.2. The van der Waals surface area contributed by atoms with Gasteiger partial charge < -0.3 is 10.4 Å². The van der Waals surface area contributed by atoms with Gasteiger partial charge in [0.1, 0.15) is 0 Å². The molecule has 0 fully saturated rings. The number of benzene rings is 1. The van der Waals surface area contributed by atoms with E-state index in [0.717, 1.165) is 5.56 Å². The van der Waals surface area contributed by atoms with Crippen LogP contribution in [0, 0.1) is 0 Å². The van der Waals surface area contributed by atoms with Gasteiger partial charge in [-0.1, -0.05) is 12.1 Å². The predicted octanol–water partition coefficient (Wildman–Crippen LogP) is 1.41. The summed E-state index contributed by atoms with van der Waals surface area (Å²) < 4.78 is 0. The van der Waals surface area contributed by atoms with Crippen molar-refractivity contribution < 1.29 is 9.90 Å². The average Bonchev–Trinajstić information content (AvgIpc) is 2.27. The molecule has 0 aliphatic carbocycles. The van der Waals surface area contributed by atoms with Gasteiger partial charge in [0.2, 0.25) is 5.91 Å². The molecule has 0 unspecified atom stereocenters. The summed E-state index contributed by atoms with van der Waals surface area (Å²) in [5.41, 5.74) is 1.07. The SMILES string of the molecule is CSc1ccc(CNC(=O)CCO)cc1. The number of rotatable bonds is 5. The third-order valence-electron chi connectivity index (χ3n) is 1.99. The Balaban J connectivity index is 2.40. The van der Waals surface area contributed by atoms with Crippen molar-refractivity contribution in [3.8, 4) is 0 Å². The van der Waals surface area contributed by atoms with Crippen molar-refractivity contribution in [2.45, 2.75) is 17.9 Å². The summed E-state index contributed by atoms with van der Waals surface area (Å²) >= 11 is 1.69. The van der Waals surface area contributed by atoms with Crippen LogP contribution in [-0.2, 0) is 11.3 Å². The van der Waals surface area contributed by atoms with Crippen molar-refractivity contribution in [3.63, 3.8) is 0 Å². The summed E-state index contributed by atoms with van der Waals surface area (Å²) in [6.45, 7) is 0.421. The summed E-state index contributed by atoms with van der Waals surface area (Å²) in [6.07, 6.45) is 2.20. The van der Waals surface area contributed by atoms with E-state index < -0.39 is 0 Å².